The minimum absolute atomic E-state index is 0.0886. The Kier molecular flexibility index (Phi) is 6.69. The molecule has 1 heterocycles. The van der Waals surface area contributed by atoms with Gasteiger partial charge in [-0.25, -0.2) is 0 Å². The molecule has 182 valence electrons. The first kappa shape index (κ1) is 23.6. The first-order chi connectivity index (χ1) is 17.6. The van der Waals surface area contributed by atoms with Crippen molar-refractivity contribution in [1.82, 2.24) is 0 Å². The molecule has 5 rings (SSSR count). The van der Waals surface area contributed by atoms with Crippen molar-refractivity contribution in [3.05, 3.63) is 113 Å². The summed E-state index contributed by atoms with van der Waals surface area (Å²) in [4.78, 5) is 15.5. The Bertz CT molecular complexity index is 1370. The van der Waals surface area contributed by atoms with E-state index in [1.54, 1.807) is 31.3 Å². The quantitative estimate of drug-likeness (QED) is 0.305. The van der Waals surface area contributed by atoms with Gasteiger partial charge in [0.05, 0.1) is 19.8 Å². The van der Waals surface area contributed by atoms with Gasteiger partial charge in [0.15, 0.2) is 0 Å². The molecule has 0 saturated carbocycles. The first-order valence-electron chi connectivity index (χ1n) is 11.5. The van der Waals surface area contributed by atoms with Crippen LogP contribution in [0.2, 0.25) is 5.02 Å². The maximum Gasteiger partial charge on any atom is 0.262 e. The van der Waals surface area contributed by atoms with Crippen LogP contribution in [0.4, 0.5) is 11.4 Å². The number of carbonyl (C=O) groups excluding carboxylic acids is 1. The number of hydrogen-bond donors (Lipinski definition) is 1. The standard InChI is InChI=1S/C29H25ClN2O4/c1-34-23-14-10-22(11-15-23)32-28(31-26-6-4-3-5-25(26)29(32)33)19-7-16-27(35-2)20(17-19)18-36-24-12-8-21(30)9-13-24/h3-17,28,31H,18H2,1-2H3. The number of ether oxygens (including phenoxy) is 3. The largest absolute Gasteiger partial charge is 0.497 e. The van der Waals surface area contributed by atoms with Crippen LogP contribution < -0.4 is 24.4 Å². The third kappa shape index (κ3) is 4.68. The summed E-state index contributed by atoms with van der Waals surface area (Å²) in [7, 11) is 3.25. The summed E-state index contributed by atoms with van der Waals surface area (Å²) in [5.74, 6) is 2.03. The van der Waals surface area contributed by atoms with E-state index in [0.717, 1.165) is 28.3 Å². The van der Waals surface area contributed by atoms with Crippen molar-refractivity contribution in [2.75, 3.05) is 24.4 Å². The third-order valence-electron chi connectivity index (χ3n) is 6.11. The van der Waals surface area contributed by atoms with E-state index in [2.05, 4.69) is 5.32 Å². The van der Waals surface area contributed by atoms with Crippen LogP contribution in [-0.4, -0.2) is 20.1 Å². The Morgan fingerprint density at radius 1 is 0.861 bits per heavy atom. The average Bonchev–Trinajstić information content (AvgIpc) is 2.92. The number of rotatable bonds is 7. The maximum absolute atomic E-state index is 13.7. The molecule has 1 unspecified atom stereocenters. The number of carbonyl (C=O) groups is 1. The van der Waals surface area contributed by atoms with E-state index < -0.39 is 6.17 Å². The maximum atomic E-state index is 13.7. The zero-order valence-electron chi connectivity index (χ0n) is 19.9. The fraction of sp³-hybridized carbons (Fsp3) is 0.138. The molecule has 4 aromatic carbocycles. The fourth-order valence-electron chi connectivity index (χ4n) is 4.27. The third-order valence-corrected chi connectivity index (χ3v) is 6.36. The second kappa shape index (κ2) is 10.2. The fourth-order valence-corrected chi connectivity index (χ4v) is 4.40. The lowest BCUT2D eigenvalue weighted by Crippen LogP contribution is -2.43. The summed E-state index contributed by atoms with van der Waals surface area (Å²) in [6.45, 7) is 0.290. The average molecular weight is 501 g/mol. The summed E-state index contributed by atoms with van der Waals surface area (Å²) in [5, 5.41) is 4.19. The highest BCUT2D eigenvalue weighted by atomic mass is 35.5. The molecule has 7 heteroatoms. The van der Waals surface area contributed by atoms with Crippen LogP contribution >= 0.6 is 11.6 Å². The van der Waals surface area contributed by atoms with E-state index in [1.807, 2.05) is 78.9 Å². The Morgan fingerprint density at radius 3 is 2.31 bits per heavy atom. The summed E-state index contributed by atoms with van der Waals surface area (Å²) in [6.07, 6.45) is -0.444. The lowest BCUT2D eigenvalue weighted by atomic mass is 10.0. The van der Waals surface area contributed by atoms with Crippen molar-refractivity contribution in [3.63, 3.8) is 0 Å². The van der Waals surface area contributed by atoms with Crippen LogP contribution in [-0.2, 0) is 6.61 Å². The van der Waals surface area contributed by atoms with Gasteiger partial charge < -0.3 is 19.5 Å². The molecule has 0 spiro atoms. The molecule has 1 aliphatic heterocycles. The van der Waals surface area contributed by atoms with Crippen LogP contribution in [0.15, 0.2) is 91.0 Å². The number of methoxy groups -OCH3 is 2. The highest BCUT2D eigenvalue weighted by Crippen LogP contribution is 2.38. The molecule has 0 aromatic heterocycles. The second-order valence-electron chi connectivity index (χ2n) is 8.28. The number of fused-ring (bicyclic) bond motifs is 1. The van der Waals surface area contributed by atoms with Gasteiger partial charge in [-0.15, -0.1) is 0 Å². The smallest absolute Gasteiger partial charge is 0.262 e. The second-order valence-corrected chi connectivity index (χ2v) is 8.72. The van der Waals surface area contributed by atoms with Gasteiger partial charge in [-0.05, 0) is 78.4 Å². The Morgan fingerprint density at radius 2 is 1.58 bits per heavy atom. The van der Waals surface area contributed by atoms with Crippen molar-refractivity contribution < 1.29 is 19.0 Å². The van der Waals surface area contributed by atoms with Crippen molar-refractivity contribution in [2.45, 2.75) is 12.8 Å². The lowest BCUT2D eigenvalue weighted by molar-refractivity contribution is 0.0975. The molecule has 4 aromatic rings. The van der Waals surface area contributed by atoms with Gasteiger partial charge >= 0.3 is 0 Å². The first-order valence-corrected chi connectivity index (χ1v) is 11.8. The number of nitrogens with zero attached hydrogens (tertiary/aromatic N) is 1. The Labute approximate surface area is 215 Å². The van der Waals surface area contributed by atoms with Gasteiger partial charge in [0, 0.05) is 22.0 Å². The van der Waals surface area contributed by atoms with Gasteiger partial charge in [0.1, 0.15) is 30.0 Å². The molecule has 0 bridgehead atoms. The number of halogens is 1. The van der Waals surface area contributed by atoms with Crippen LogP contribution in [0.1, 0.15) is 27.7 Å². The molecule has 36 heavy (non-hydrogen) atoms. The van der Waals surface area contributed by atoms with E-state index in [4.69, 9.17) is 25.8 Å². The van der Waals surface area contributed by atoms with Crippen molar-refractivity contribution >= 4 is 28.9 Å². The predicted molar refractivity (Wildman–Crippen MR) is 141 cm³/mol. The van der Waals surface area contributed by atoms with Crippen molar-refractivity contribution in [2.24, 2.45) is 0 Å². The van der Waals surface area contributed by atoms with E-state index in [1.165, 1.54) is 0 Å². The van der Waals surface area contributed by atoms with Gasteiger partial charge in [-0.1, -0.05) is 29.8 Å². The number of amides is 1. The van der Waals surface area contributed by atoms with E-state index in [-0.39, 0.29) is 5.91 Å². The minimum atomic E-state index is -0.444. The van der Waals surface area contributed by atoms with Crippen molar-refractivity contribution in [1.29, 1.82) is 0 Å². The van der Waals surface area contributed by atoms with Crippen molar-refractivity contribution in [3.8, 4) is 17.2 Å². The molecule has 1 N–H and O–H groups in total. The molecular formula is C29H25ClN2O4. The number of nitrogens with one attached hydrogen (secondary N) is 1. The minimum Gasteiger partial charge on any atom is -0.497 e. The highest BCUT2D eigenvalue weighted by Gasteiger charge is 2.34. The zero-order chi connectivity index (χ0) is 25.1. The lowest BCUT2D eigenvalue weighted by Gasteiger charge is -2.38. The summed E-state index contributed by atoms with van der Waals surface area (Å²) < 4.78 is 16.9. The molecule has 0 fully saturated rings. The molecule has 0 aliphatic carbocycles. The molecular weight excluding hydrogens is 476 g/mol. The molecule has 0 radical (unpaired) electrons. The molecule has 1 atom stereocenters. The van der Waals surface area contributed by atoms with Gasteiger partial charge in [-0.2, -0.15) is 0 Å². The van der Waals surface area contributed by atoms with Crippen LogP contribution in [0.5, 0.6) is 17.2 Å². The van der Waals surface area contributed by atoms with Gasteiger partial charge in [-0.3, -0.25) is 9.69 Å². The summed E-state index contributed by atoms with van der Waals surface area (Å²) in [5.41, 5.74) is 3.90. The summed E-state index contributed by atoms with van der Waals surface area (Å²) in [6, 6.07) is 28.1. The number of hydrogen-bond acceptors (Lipinski definition) is 5. The SMILES string of the molecule is COc1ccc(N2C(=O)c3ccccc3NC2c2ccc(OC)c(COc3ccc(Cl)cc3)c2)cc1. The van der Waals surface area contributed by atoms with Gasteiger partial charge in [0.25, 0.3) is 5.91 Å². The summed E-state index contributed by atoms with van der Waals surface area (Å²) >= 11 is 5.99. The van der Waals surface area contributed by atoms with Crippen LogP contribution in [0.3, 0.4) is 0 Å². The normalized spacial score (nSPS) is 14.6. The molecule has 1 aliphatic rings. The number of para-hydroxylation sites is 1. The Balaban J connectivity index is 1.52. The number of benzene rings is 4. The topological polar surface area (TPSA) is 60.0 Å². The Hall–Kier alpha value is -4.16. The predicted octanol–water partition coefficient (Wildman–Crippen LogP) is 6.71. The monoisotopic (exact) mass is 500 g/mol. The van der Waals surface area contributed by atoms with E-state index >= 15 is 0 Å². The molecule has 0 saturated heterocycles. The van der Waals surface area contributed by atoms with E-state index in [0.29, 0.717) is 28.7 Å². The zero-order valence-corrected chi connectivity index (χ0v) is 20.7. The van der Waals surface area contributed by atoms with Crippen LogP contribution in [0.25, 0.3) is 0 Å². The van der Waals surface area contributed by atoms with E-state index in [9.17, 15) is 4.79 Å². The van der Waals surface area contributed by atoms with Gasteiger partial charge in [0.2, 0.25) is 0 Å². The van der Waals surface area contributed by atoms with Crippen LogP contribution in [0, 0.1) is 0 Å². The number of anilines is 2. The molecule has 1 amide bonds. The highest BCUT2D eigenvalue weighted by molar-refractivity contribution is 6.30. The molecule has 6 nitrogen and oxygen atoms in total.